The summed E-state index contributed by atoms with van der Waals surface area (Å²) < 4.78 is 40.1. The first kappa shape index (κ1) is 15.5. The van der Waals surface area contributed by atoms with E-state index < -0.39 is 27.7 Å². The Bertz CT molecular complexity index is 866. The number of sulfonamides is 1. The van der Waals surface area contributed by atoms with Gasteiger partial charge in [0.1, 0.15) is 5.82 Å². The smallest absolute Gasteiger partial charge is 0.304 e. The maximum Gasteiger partial charge on any atom is 0.304 e. The molecule has 1 aliphatic heterocycles. The Kier molecular flexibility index (Phi) is 3.81. The SMILES string of the molecule is O=C(O)C[C@H]1CN(S(=O)(=O)c2cccc(F)c2)c2ccccc21. The molecule has 5 nitrogen and oxygen atoms in total. The average Bonchev–Trinajstić information content (AvgIpc) is 2.86. The molecule has 7 heteroatoms. The second-order valence-corrected chi connectivity index (χ2v) is 7.21. The molecule has 0 spiro atoms. The van der Waals surface area contributed by atoms with Crippen molar-refractivity contribution >= 4 is 21.7 Å². The fourth-order valence-corrected chi connectivity index (χ4v) is 4.39. The van der Waals surface area contributed by atoms with Crippen molar-refractivity contribution in [2.45, 2.75) is 17.2 Å². The van der Waals surface area contributed by atoms with Gasteiger partial charge in [0.05, 0.1) is 17.0 Å². The maximum absolute atomic E-state index is 13.4. The molecule has 0 radical (unpaired) electrons. The molecule has 2 aromatic rings. The van der Waals surface area contributed by atoms with Gasteiger partial charge in [0.2, 0.25) is 0 Å². The van der Waals surface area contributed by atoms with Gasteiger partial charge in [-0.1, -0.05) is 24.3 Å². The number of carboxylic acid groups (broad SMARTS) is 1. The number of nitrogens with zero attached hydrogens (tertiary/aromatic N) is 1. The molecule has 0 aliphatic carbocycles. The first-order valence-electron chi connectivity index (χ1n) is 6.98. The Hall–Kier alpha value is -2.41. The van der Waals surface area contributed by atoms with Crippen molar-refractivity contribution in [3.05, 3.63) is 59.9 Å². The van der Waals surface area contributed by atoms with Gasteiger partial charge in [-0.3, -0.25) is 9.10 Å². The van der Waals surface area contributed by atoms with Gasteiger partial charge in [-0.15, -0.1) is 0 Å². The topological polar surface area (TPSA) is 74.7 Å². The Balaban J connectivity index is 2.05. The molecule has 23 heavy (non-hydrogen) atoms. The quantitative estimate of drug-likeness (QED) is 0.932. The molecule has 120 valence electrons. The van der Waals surface area contributed by atoms with Crippen LogP contribution in [0.25, 0.3) is 0 Å². The van der Waals surface area contributed by atoms with Crippen LogP contribution in [0.3, 0.4) is 0 Å². The number of carboxylic acids is 1. The molecule has 1 heterocycles. The molecule has 0 bridgehead atoms. The number of benzene rings is 2. The van der Waals surface area contributed by atoms with Crippen molar-refractivity contribution in [2.75, 3.05) is 10.8 Å². The number of fused-ring (bicyclic) bond motifs is 1. The van der Waals surface area contributed by atoms with E-state index in [1.807, 2.05) is 0 Å². The van der Waals surface area contributed by atoms with Crippen molar-refractivity contribution in [1.29, 1.82) is 0 Å². The largest absolute Gasteiger partial charge is 0.481 e. The number of anilines is 1. The molecular weight excluding hydrogens is 321 g/mol. The molecule has 3 rings (SSSR count). The molecule has 1 N–H and O–H groups in total. The molecule has 2 aromatic carbocycles. The fraction of sp³-hybridized carbons (Fsp3) is 0.188. The van der Waals surface area contributed by atoms with Crippen molar-refractivity contribution in [1.82, 2.24) is 0 Å². The Morgan fingerprint density at radius 2 is 1.96 bits per heavy atom. The van der Waals surface area contributed by atoms with Gasteiger partial charge >= 0.3 is 5.97 Å². The molecule has 0 amide bonds. The van der Waals surface area contributed by atoms with Gasteiger partial charge in [-0.2, -0.15) is 0 Å². The van der Waals surface area contributed by atoms with Gasteiger partial charge < -0.3 is 5.11 Å². The van der Waals surface area contributed by atoms with Crippen molar-refractivity contribution in [3.8, 4) is 0 Å². The van der Waals surface area contributed by atoms with E-state index in [1.165, 1.54) is 18.2 Å². The van der Waals surface area contributed by atoms with Crippen LogP contribution in [0.15, 0.2) is 53.4 Å². The summed E-state index contributed by atoms with van der Waals surface area (Å²) in [6.45, 7) is 0.0322. The second-order valence-electron chi connectivity index (χ2n) is 5.35. The van der Waals surface area contributed by atoms with Gasteiger partial charge in [0.25, 0.3) is 10.0 Å². The minimum Gasteiger partial charge on any atom is -0.481 e. The zero-order valence-electron chi connectivity index (χ0n) is 12.0. The first-order valence-corrected chi connectivity index (χ1v) is 8.42. The lowest BCUT2D eigenvalue weighted by Crippen LogP contribution is -2.30. The van der Waals surface area contributed by atoms with Crippen LogP contribution in [0.5, 0.6) is 0 Å². The van der Waals surface area contributed by atoms with E-state index in [-0.39, 0.29) is 17.9 Å². The first-order chi connectivity index (χ1) is 10.9. The number of hydrogen-bond donors (Lipinski definition) is 1. The highest BCUT2D eigenvalue weighted by Crippen LogP contribution is 2.40. The number of para-hydroxylation sites is 1. The number of halogens is 1. The summed E-state index contributed by atoms with van der Waals surface area (Å²) >= 11 is 0. The minimum absolute atomic E-state index is 0.0322. The summed E-state index contributed by atoms with van der Waals surface area (Å²) in [4.78, 5) is 10.9. The molecule has 0 saturated carbocycles. The number of rotatable bonds is 4. The molecule has 0 aromatic heterocycles. The average molecular weight is 335 g/mol. The summed E-state index contributed by atoms with van der Waals surface area (Å²) in [5.74, 6) is -2.05. The highest BCUT2D eigenvalue weighted by atomic mass is 32.2. The fourth-order valence-electron chi connectivity index (χ4n) is 2.82. The monoisotopic (exact) mass is 335 g/mol. The van der Waals surface area contributed by atoms with E-state index in [0.29, 0.717) is 11.3 Å². The third-order valence-electron chi connectivity index (χ3n) is 3.84. The van der Waals surface area contributed by atoms with Gasteiger partial charge in [0.15, 0.2) is 0 Å². The summed E-state index contributed by atoms with van der Waals surface area (Å²) in [6, 6.07) is 11.6. The van der Waals surface area contributed by atoms with Crippen LogP contribution in [-0.4, -0.2) is 26.0 Å². The third kappa shape index (κ3) is 2.79. The molecule has 1 aliphatic rings. The van der Waals surface area contributed by atoms with E-state index in [2.05, 4.69) is 0 Å². The summed E-state index contributed by atoms with van der Waals surface area (Å²) in [5, 5.41) is 9.02. The van der Waals surface area contributed by atoms with Crippen LogP contribution >= 0.6 is 0 Å². The normalized spacial score (nSPS) is 17.1. The molecule has 1 atom stereocenters. The zero-order chi connectivity index (χ0) is 16.6. The van der Waals surface area contributed by atoms with Crippen LogP contribution in [0.2, 0.25) is 0 Å². The summed E-state index contributed by atoms with van der Waals surface area (Å²) in [6.07, 6.45) is -0.161. The van der Waals surface area contributed by atoms with Crippen molar-refractivity contribution in [3.63, 3.8) is 0 Å². The van der Waals surface area contributed by atoms with Gasteiger partial charge in [-0.05, 0) is 29.8 Å². The van der Waals surface area contributed by atoms with E-state index in [1.54, 1.807) is 24.3 Å². The third-order valence-corrected chi connectivity index (χ3v) is 5.61. The lowest BCUT2D eigenvalue weighted by atomic mass is 9.98. The van der Waals surface area contributed by atoms with Crippen LogP contribution < -0.4 is 4.31 Å². The molecular formula is C16H14FNO4S. The van der Waals surface area contributed by atoms with Gasteiger partial charge in [0, 0.05) is 12.5 Å². The van der Waals surface area contributed by atoms with Crippen LogP contribution in [0, 0.1) is 5.82 Å². The highest BCUT2D eigenvalue weighted by Gasteiger charge is 2.37. The lowest BCUT2D eigenvalue weighted by molar-refractivity contribution is -0.137. The second kappa shape index (κ2) is 5.66. The van der Waals surface area contributed by atoms with Crippen molar-refractivity contribution in [2.24, 2.45) is 0 Å². The molecule has 0 unspecified atom stereocenters. The van der Waals surface area contributed by atoms with Crippen LogP contribution in [0.4, 0.5) is 10.1 Å². The predicted octanol–water partition coefficient (Wildman–Crippen LogP) is 2.59. The van der Waals surface area contributed by atoms with E-state index >= 15 is 0 Å². The van der Waals surface area contributed by atoms with Gasteiger partial charge in [-0.25, -0.2) is 12.8 Å². The van der Waals surface area contributed by atoms with Crippen molar-refractivity contribution < 1.29 is 22.7 Å². The molecule has 0 fully saturated rings. The summed E-state index contributed by atoms with van der Waals surface area (Å²) in [7, 11) is -3.94. The predicted molar refractivity (Wildman–Crippen MR) is 82.4 cm³/mol. The Labute approximate surface area is 133 Å². The Morgan fingerprint density at radius 1 is 1.22 bits per heavy atom. The van der Waals surface area contributed by atoms with Crippen LogP contribution in [-0.2, 0) is 14.8 Å². The Morgan fingerprint density at radius 3 is 2.65 bits per heavy atom. The van der Waals surface area contributed by atoms with E-state index in [4.69, 9.17) is 5.11 Å². The minimum atomic E-state index is -3.94. The number of hydrogen-bond acceptors (Lipinski definition) is 3. The highest BCUT2D eigenvalue weighted by molar-refractivity contribution is 7.92. The number of carbonyl (C=O) groups is 1. The zero-order valence-corrected chi connectivity index (χ0v) is 12.8. The number of aliphatic carboxylic acids is 1. The van der Waals surface area contributed by atoms with E-state index in [0.717, 1.165) is 10.4 Å². The summed E-state index contributed by atoms with van der Waals surface area (Å²) in [5.41, 5.74) is 1.12. The van der Waals surface area contributed by atoms with Crippen LogP contribution in [0.1, 0.15) is 17.9 Å². The maximum atomic E-state index is 13.4. The molecule has 0 saturated heterocycles. The lowest BCUT2D eigenvalue weighted by Gasteiger charge is -2.20. The van der Waals surface area contributed by atoms with E-state index in [9.17, 15) is 17.6 Å². The standard InChI is InChI=1S/C16H14FNO4S/c17-12-4-3-5-13(9-12)23(21,22)18-10-11(8-16(19)20)14-6-1-2-7-15(14)18/h1-7,9,11H,8,10H2,(H,19,20)/t11-/m0/s1.